The smallest absolute Gasteiger partial charge is 0.0798 e. The molecule has 0 radical (unpaired) electrons. The second-order valence-electron chi connectivity index (χ2n) is 6.69. The van der Waals surface area contributed by atoms with Crippen molar-refractivity contribution in [3.05, 3.63) is 16.1 Å². The van der Waals surface area contributed by atoms with E-state index in [0.29, 0.717) is 0 Å². The molecule has 0 aliphatic heterocycles. The molecule has 0 aromatic carbocycles. The number of hydrogen-bond donors (Lipinski definition) is 1. The fourth-order valence-electron chi connectivity index (χ4n) is 2.13. The van der Waals surface area contributed by atoms with Gasteiger partial charge in [-0.25, -0.2) is 4.98 Å². The highest BCUT2D eigenvalue weighted by Crippen LogP contribution is 2.14. The zero-order valence-electron chi connectivity index (χ0n) is 13.8. The first-order valence-electron chi connectivity index (χ1n) is 7.71. The Morgan fingerprint density at radius 1 is 1.20 bits per heavy atom. The maximum absolute atomic E-state index is 4.30. The predicted molar refractivity (Wildman–Crippen MR) is 89.4 cm³/mol. The van der Waals surface area contributed by atoms with Crippen LogP contribution in [0, 0.1) is 6.92 Å². The third-order valence-electron chi connectivity index (χ3n) is 3.38. The fourth-order valence-corrected chi connectivity index (χ4v) is 2.98. The molecule has 0 fully saturated rings. The van der Waals surface area contributed by atoms with Crippen molar-refractivity contribution in [3.63, 3.8) is 0 Å². The number of aromatic nitrogens is 1. The highest BCUT2D eigenvalue weighted by Gasteiger charge is 2.07. The zero-order chi connectivity index (χ0) is 15.0. The average molecular weight is 298 g/mol. The van der Waals surface area contributed by atoms with Gasteiger partial charge in [-0.15, -0.1) is 11.3 Å². The quantitative estimate of drug-likeness (QED) is 0.702. The van der Waals surface area contributed by atoms with Gasteiger partial charge in [0.25, 0.3) is 0 Å². The van der Waals surface area contributed by atoms with Crippen LogP contribution in [0.4, 0.5) is 0 Å². The number of unbranched alkanes of at least 4 members (excludes halogenated alkanes) is 3. The largest absolute Gasteiger partial charge is 0.312 e. The molecule has 1 aromatic rings. The molecular weight excluding hydrogens is 266 g/mol. The van der Waals surface area contributed by atoms with E-state index >= 15 is 0 Å². The summed E-state index contributed by atoms with van der Waals surface area (Å²) in [6.07, 6.45) is 5.24. The van der Waals surface area contributed by atoms with Gasteiger partial charge in [-0.3, -0.25) is 0 Å². The number of hydrogen-bond acceptors (Lipinski definition) is 4. The second-order valence-corrected chi connectivity index (χ2v) is 7.63. The van der Waals surface area contributed by atoms with E-state index in [4.69, 9.17) is 0 Å². The molecule has 0 aliphatic carbocycles. The summed E-state index contributed by atoms with van der Waals surface area (Å²) >= 11 is 1.77. The molecule has 1 heterocycles. The predicted octanol–water partition coefficient (Wildman–Crippen LogP) is 3.83. The van der Waals surface area contributed by atoms with Gasteiger partial charge in [0.1, 0.15) is 0 Å². The van der Waals surface area contributed by atoms with E-state index < -0.39 is 0 Å². The lowest BCUT2D eigenvalue weighted by Crippen LogP contribution is -2.36. The molecule has 4 heteroatoms. The van der Waals surface area contributed by atoms with Crippen molar-refractivity contribution in [2.75, 3.05) is 20.1 Å². The van der Waals surface area contributed by atoms with E-state index in [1.54, 1.807) is 11.3 Å². The number of rotatable bonds is 9. The number of nitrogens with one attached hydrogen (secondary N) is 1. The van der Waals surface area contributed by atoms with Crippen LogP contribution in [-0.4, -0.2) is 35.6 Å². The first kappa shape index (κ1) is 17.6. The minimum absolute atomic E-state index is 0.257. The molecule has 1 aromatic heterocycles. The van der Waals surface area contributed by atoms with Crippen LogP contribution < -0.4 is 5.32 Å². The van der Waals surface area contributed by atoms with Crippen LogP contribution in [0.15, 0.2) is 5.51 Å². The van der Waals surface area contributed by atoms with Crippen LogP contribution in [0.1, 0.15) is 57.0 Å². The van der Waals surface area contributed by atoms with Gasteiger partial charge < -0.3 is 10.2 Å². The van der Waals surface area contributed by atoms with Crippen LogP contribution in [0.25, 0.3) is 0 Å². The molecule has 0 saturated heterocycles. The summed E-state index contributed by atoms with van der Waals surface area (Å²) in [6, 6.07) is 0. The monoisotopic (exact) mass is 297 g/mol. The summed E-state index contributed by atoms with van der Waals surface area (Å²) in [5.74, 6) is 0. The lowest BCUT2D eigenvalue weighted by Gasteiger charge is -2.20. The Morgan fingerprint density at radius 2 is 1.90 bits per heavy atom. The molecule has 0 spiro atoms. The molecule has 20 heavy (non-hydrogen) atoms. The molecular formula is C16H31N3S. The van der Waals surface area contributed by atoms with Crippen LogP contribution in [0.5, 0.6) is 0 Å². The Balaban J connectivity index is 2.00. The number of thiazole rings is 1. The van der Waals surface area contributed by atoms with Gasteiger partial charge in [0.2, 0.25) is 0 Å². The molecule has 0 amide bonds. The highest BCUT2D eigenvalue weighted by molar-refractivity contribution is 7.09. The Morgan fingerprint density at radius 3 is 2.50 bits per heavy atom. The highest BCUT2D eigenvalue weighted by atomic mass is 32.1. The Bertz CT molecular complexity index is 368. The van der Waals surface area contributed by atoms with Gasteiger partial charge >= 0.3 is 0 Å². The van der Waals surface area contributed by atoms with Crippen LogP contribution in [0.2, 0.25) is 0 Å². The fraction of sp³-hybridized carbons (Fsp3) is 0.812. The van der Waals surface area contributed by atoms with Crippen molar-refractivity contribution in [3.8, 4) is 0 Å². The van der Waals surface area contributed by atoms with Gasteiger partial charge in [0, 0.05) is 17.0 Å². The van der Waals surface area contributed by atoms with E-state index in [1.807, 2.05) is 5.51 Å². The maximum atomic E-state index is 4.30. The van der Waals surface area contributed by atoms with Crippen LogP contribution in [0.3, 0.4) is 0 Å². The van der Waals surface area contributed by atoms with Crippen molar-refractivity contribution < 1.29 is 0 Å². The van der Waals surface area contributed by atoms with Gasteiger partial charge in [-0.2, -0.15) is 0 Å². The summed E-state index contributed by atoms with van der Waals surface area (Å²) in [5, 5.41) is 3.54. The molecule has 0 aliphatic rings. The van der Waals surface area contributed by atoms with E-state index in [1.165, 1.54) is 42.8 Å². The minimum atomic E-state index is 0.257. The summed E-state index contributed by atoms with van der Waals surface area (Å²) < 4.78 is 0. The molecule has 0 atom stereocenters. The van der Waals surface area contributed by atoms with Crippen molar-refractivity contribution in [2.24, 2.45) is 0 Å². The molecule has 1 N–H and O–H groups in total. The topological polar surface area (TPSA) is 28.2 Å². The third-order valence-corrected chi connectivity index (χ3v) is 4.30. The Kier molecular flexibility index (Phi) is 7.70. The van der Waals surface area contributed by atoms with Crippen molar-refractivity contribution in [2.45, 2.75) is 65.5 Å². The van der Waals surface area contributed by atoms with Gasteiger partial charge in [0.05, 0.1) is 11.2 Å². The van der Waals surface area contributed by atoms with Crippen LogP contribution >= 0.6 is 11.3 Å². The first-order chi connectivity index (χ1) is 9.38. The van der Waals surface area contributed by atoms with Gasteiger partial charge in [-0.05, 0) is 60.7 Å². The van der Waals surface area contributed by atoms with Crippen molar-refractivity contribution in [1.29, 1.82) is 0 Å². The maximum Gasteiger partial charge on any atom is 0.0798 e. The second kappa shape index (κ2) is 8.75. The Labute approximate surface area is 128 Å². The van der Waals surface area contributed by atoms with Crippen molar-refractivity contribution in [1.82, 2.24) is 15.2 Å². The van der Waals surface area contributed by atoms with E-state index in [-0.39, 0.29) is 5.54 Å². The summed E-state index contributed by atoms with van der Waals surface area (Å²) in [7, 11) is 2.21. The summed E-state index contributed by atoms with van der Waals surface area (Å²) in [5.41, 5.74) is 3.39. The molecule has 116 valence electrons. The molecule has 0 saturated carbocycles. The molecule has 3 nitrogen and oxygen atoms in total. The van der Waals surface area contributed by atoms with Gasteiger partial charge in [-0.1, -0.05) is 12.8 Å². The number of nitrogens with zero attached hydrogens (tertiary/aromatic N) is 2. The zero-order valence-corrected chi connectivity index (χ0v) is 14.6. The lowest BCUT2D eigenvalue weighted by atomic mass is 10.1. The first-order valence-corrected chi connectivity index (χ1v) is 8.59. The lowest BCUT2D eigenvalue weighted by molar-refractivity contribution is 0.317. The average Bonchev–Trinajstić information content (AvgIpc) is 2.72. The number of aryl methyl sites for hydroxylation is 1. The van der Waals surface area contributed by atoms with Crippen LogP contribution in [-0.2, 0) is 6.54 Å². The molecule has 1 rings (SSSR count). The van der Waals surface area contributed by atoms with E-state index in [2.05, 4.69) is 49.9 Å². The SMILES string of the molecule is Cc1ncsc1CN(C)CCCCCCNC(C)(C)C. The van der Waals surface area contributed by atoms with Crippen molar-refractivity contribution >= 4 is 11.3 Å². The Hall–Kier alpha value is -0.450. The summed E-state index contributed by atoms with van der Waals surface area (Å²) in [6.45, 7) is 12.1. The minimum Gasteiger partial charge on any atom is -0.312 e. The third kappa shape index (κ3) is 7.98. The summed E-state index contributed by atoms with van der Waals surface area (Å²) in [4.78, 5) is 8.12. The molecule has 0 unspecified atom stereocenters. The van der Waals surface area contributed by atoms with Gasteiger partial charge in [0.15, 0.2) is 0 Å². The standard InChI is InChI=1S/C16H31N3S/c1-14-15(20-13-17-14)12-19(5)11-9-7-6-8-10-18-16(2,3)4/h13,18H,6-12H2,1-5H3. The molecule has 0 bridgehead atoms. The van der Waals surface area contributed by atoms with E-state index in [0.717, 1.165) is 13.1 Å². The van der Waals surface area contributed by atoms with E-state index in [9.17, 15) is 0 Å². The normalized spacial score (nSPS) is 12.3.